The van der Waals surface area contributed by atoms with Crippen LogP contribution in [0.4, 0.5) is 0 Å². The third-order valence-corrected chi connectivity index (χ3v) is 5.64. The topological polar surface area (TPSA) is 108 Å². The molecular formula is C19H29NO7. The van der Waals surface area contributed by atoms with E-state index in [1.54, 1.807) is 0 Å². The first-order valence-electron chi connectivity index (χ1n) is 9.40. The summed E-state index contributed by atoms with van der Waals surface area (Å²) in [6, 6.07) is -0.514. The third kappa shape index (κ3) is 4.99. The van der Waals surface area contributed by atoms with Crippen molar-refractivity contribution in [3.8, 4) is 0 Å². The van der Waals surface area contributed by atoms with Crippen LogP contribution in [0.25, 0.3) is 0 Å². The van der Waals surface area contributed by atoms with Crippen molar-refractivity contribution in [3.05, 3.63) is 0 Å². The van der Waals surface area contributed by atoms with Gasteiger partial charge in [-0.1, -0.05) is 12.8 Å². The Morgan fingerprint density at radius 1 is 0.926 bits per heavy atom. The molecule has 4 atom stereocenters. The Bertz CT molecular complexity index is 597. The maximum absolute atomic E-state index is 11.9. The first kappa shape index (κ1) is 21.2. The molecule has 0 saturated heterocycles. The highest BCUT2D eigenvalue weighted by atomic mass is 16.6. The standard InChI is InChI=1S/C19H29NO7/c1-11(21)20-18-17(27-14(4)24)16(26-13(3)23)9-15(10-25-12(2)22)19(18)7-5-6-8-19/h15-18H,5-10H2,1-4H3,(H,20,21)/t15-,16-,17+,18-/m1/s1. The highest BCUT2D eigenvalue weighted by Gasteiger charge is 2.58. The van der Waals surface area contributed by atoms with Gasteiger partial charge in [0, 0.05) is 39.0 Å². The Balaban J connectivity index is 2.43. The highest BCUT2D eigenvalue weighted by Crippen LogP contribution is 2.53. The zero-order valence-electron chi connectivity index (χ0n) is 16.4. The summed E-state index contributed by atoms with van der Waals surface area (Å²) in [5.41, 5.74) is -0.377. The molecule has 0 bridgehead atoms. The van der Waals surface area contributed by atoms with Gasteiger partial charge in [-0.3, -0.25) is 19.2 Å². The van der Waals surface area contributed by atoms with Gasteiger partial charge in [0.2, 0.25) is 5.91 Å². The number of hydrogen-bond donors (Lipinski definition) is 1. The Kier molecular flexibility index (Phi) is 6.84. The zero-order valence-corrected chi connectivity index (χ0v) is 16.4. The van der Waals surface area contributed by atoms with Crippen LogP contribution in [0.2, 0.25) is 0 Å². The van der Waals surface area contributed by atoms with E-state index in [2.05, 4.69) is 5.32 Å². The molecule has 152 valence electrons. The lowest BCUT2D eigenvalue weighted by atomic mass is 9.60. The Labute approximate surface area is 159 Å². The third-order valence-electron chi connectivity index (χ3n) is 5.64. The van der Waals surface area contributed by atoms with E-state index in [4.69, 9.17) is 14.2 Å². The summed E-state index contributed by atoms with van der Waals surface area (Å²) >= 11 is 0. The summed E-state index contributed by atoms with van der Waals surface area (Å²) < 4.78 is 16.3. The summed E-state index contributed by atoms with van der Waals surface area (Å²) in [6.07, 6.45) is 2.48. The van der Waals surface area contributed by atoms with Crippen LogP contribution >= 0.6 is 0 Å². The van der Waals surface area contributed by atoms with E-state index in [0.717, 1.165) is 25.7 Å². The lowest BCUT2D eigenvalue weighted by Gasteiger charge is -2.52. The van der Waals surface area contributed by atoms with E-state index in [1.807, 2.05) is 0 Å². The molecule has 27 heavy (non-hydrogen) atoms. The van der Waals surface area contributed by atoms with Crippen LogP contribution in [-0.4, -0.2) is 48.7 Å². The van der Waals surface area contributed by atoms with Crippen LogP contribution < -0.4 is 5.32 Å². The van der Waals surface area contributed by atoms with Crippen LogP contribution in [-0.2, 0) is 33.4 Å². The molecule has 2 rings (SSSR count). The van der Waals surface area contributed by atoms with Gasteiger partial charge in [0.15, 0.2) is 6.10 Å². The van der Waals surface area contributed by atoms with Crippen LogP contribution in [0.15, 0.2) is 0 Å². The smallest absolute Gasteiger partial charge is 0.303 e. The molecule has 0 aromatic carbocycles. The first-order chi connectivity index (χ1) is 12.7. The number of amides is 1. The van der Waals surface area contributed by atoms with Crippen LogP contribution in [0.3, 0.4) is 0 Å². The highest BCUT2D eigenvalue weighted by molar-refractivity contribution is 5.74. The molecule has 1 amide bonds. The second-order valence-corrected chi connectivity index (χ2v) is 7.58. The zero-order chi connectivity index (χ0) is 20.2. The lowest BCUT2D eigenvalue weighted by molar-refractivity contribution is -0.189. The van der Waals surface area contributed by atoms with Crippen molar-refractivity contribution in [1.29, 1.82) is 0 Å². The van der Waals surface area contributed by atoms with E-state index in [1.165, 1.54) is 27.7 Å². The van der Waals surface area contributed by atoms with Gasteiger partial charge < -0.3 is 19.5 Å². The molecule has 2 aliphatic rings. The van der Waals surface area contributed by atoms with Crippen molar-refractivity contribution in [3.63, 3.8) is 0 Å². The van der Waals surface area contributed by atoms with E-state index in [9.17, 15) is 19.2 Å². The summed E-state index contributed by atoms with van der Waals surface area (Å²) in [7, 11) is 0. The Morgan fingerprint density at radius 2 is 1.52 bits per heavy atom. The minimum atomic E-state index is -0.776. The summed E-state index contributed by atoms with van der Waals surface area (Å²) in [5.74, 6) is -1.74. The minimum Gasteiger partial charge on any atom is -0.466 e. The van der Waals surface area contributed by atoms with Gasteiger partial charge in [-0.2, -0.15) is 0 Å². The van der Waals surface area contributed by atoms with E-state index in [-0.39, 0.29) is 29.8 Å². The first-order valence-corrected chi connectivity index (χ1v) is 9.40. The Morgan fingerprint density at radius 3 is 2.00 bits per heavy atom. The second kappa shape index (κ2) is 8.71. The van der Waals surface area contributed by atoms with Gasteiger partial charge in [-0.05, 0) is 19.3 Å². The van der Waals surface area contributed by atoms with E-state index >= 15 is 0 Å². The lowest BCUT2D eigenvalue weighted by Crippen LogP contribution is -2.65. The second-order valence-electron chi connectivity index (χ2n) is 7.58. The fourth-order valence-electron chi connectivity index (χ4n) is 4.76. The number of esters is 3. The van der Waals surface area contributed by atoms with Crippen molar-refractivity contribution >= 4 is 23.8 Å². The van der Waals surface area contributed by atoms with Crippen molar-refractivity contribution in [2.24, 2.45) is 11.3 Å². The molecule has 0 aromatic rings. The van der Waals surface area contributed by atoms with E-state index < -0.39 is 30.2 Å². The van der Waals surface area contributed by atoms with Crippen molar-refractivity contribution < 1.29 is 33.4 Å². The van der Waals surface area contributed by atoms with Crippen LogP contribution in [0, 0.1) is 11.3 Å². The monoisotopic (exact) mass is 383 g/mol. The molecule has 0 heterocycles. The Hall–Kier alpha value is -2.12. The number of ether oxygens (including phenoxy) is 3. The number of nitrogens with one attached hydrogen (secondary N) is 1. The minimum absolute atomic E-state index is 0.114. The molecule has 2 aliphatic carbocycles. The summed E-state index contributed by atoms with van der Waals surface area (Å²) in [6.45, 7) is 5.52. The number of carbonyl (C=O) groups is 4. The largest absolute Gasteiger partial charge is 0.466 e. The van der Waals surface area contributed by atoms with Crippen molar-refractivity contribution in [2.75, 3.05) is 6.61 Å². The number of hydrogen-bond acceptors (Lipinski definition) is 7. The molecule has 0 unspecified atom stereocenters. The number of rotatable bonds is 5. The van der Waals surface area contributed by atoms with E-state index in [0.29, 0.717) is 6.42 Å². The van der Waals surface area contributed by atoms with Crippen molar-refractivity contribution in [2.45, 2.75) is 78.0 Å². The van der Waals surface area contributed by atoms with Crippen LogP contribution in [0.1, 0.15) is 59.8 Å². The molecule has 0 aromatic heterocycles. The summed E-state index contributed by atoms with van der Waals surface area (Å²) in [4.78, 5) is 46.7. The summed E-state index contributed by atoms with van der Waals surface area (Å²) in [5, 5.41) is 2.94. The van der Waals surface area contributed by atoms with Gasteiger partial charge in [0.05, 0.1) is 12.6 Å². The number of carbonyl (C=O) groups excluding carboxylic acids is 4. The van der Waals surface area contributed by atoms with Gasteiger partial charge in [-0.15, -0.1) is 0 Å². The molecule has 1 N–H and O–H groups in total. The maximum Gasteiger partial charge on any atom is 0.303 e. The van der Waals surface area contributed by atoms with Crippen molar-refractivity contribution in [1.82, 2.24) is 5.32 Å². The predicted octanol–water partition coefficient (Wildman–Crippen LogP) is 1.50. The van der Waals surface area contributed by atoms with Gasteiger partial charge >= 0.3 is 17.9 Å². The van der Waals surface area contributed by atoms with Crippen LogP contribution in [0.5, 0.6) is 0 Å². The molecule has 2 fully saturated rings. The van der Waals surface area contributed by atoms with Gasteiger partial charge in [0.25, 0.3) is 0 Å². The maximum atomic E-state index is 11.9. The van der Waals surface area contributed by atoms with Gasteiger partial charge in [0.1, 0.15) is 6.10 Å². The molecule has 0 aliphatic heterocycles. The average molecular weight is 383 g/mol. The SMILES string of the molecule is CC(=O)N[C@@H]1[C@@H](OC(C)=O)[C@H](OC(C)=O)C[C@H](COC(C)=O)C12CCCC2. The molecule has 8 nitrogen and oxygen atoms in total. The normalized spacial score (nSPS) is 29.0. The van der Waals surface area contributed by atoms with Gasteiger partial charge in [-0.25, -0.2) is 0 Å². The predicted molar refractivity (Wildman–Crippen MR) is 94.4 cm³/mol. The molecular weight excluding hydrogens is 354 g/mol. The quantitative estimate of drug-likeness (QED) is 0.566. The molecule has 0 radical (unpaired) electrons. The fourth-order valence-corrected chi connectivity index (χ4v) is 4.76. The molecule has 2 saturated carbocycles. The average Bonchev–Trinajstić information content (AvgIpc) is 3.01. The molecule has 1 spiro atoms. The fraction of sp³-hybridized carbons (Fsp3) is 0.789. The molecule has 8 heteroatoms.